The van der Waals surface area contributed by atoms with Crippen LogP contribution >= 0.6 is 11.6 Å². The van der Waals surface area contributed by atoms with Gasteiger partial charge in [-0.25, -0.2) is 9.18 Å². The summed E-state index contributed by atoms with van der Waals surface area (Å²) in [7, 11) is 0. The molecule has 0 aliphatic carbocycles. The number of nitrogens with one attached hydrogen (secondary N) is 1. The van der Waals surface area contributed by atoms with Gasteiger partial charge in [0.05, 0.1) is 12.5 Å². The summed E-state index contributed by atoms with van der Waals surface area (Å²) in [5.74, 6) is -1.88. The van der Waals surface area contributed by atoms with Crippen LogP contribution in [-0.2, 0) is 16.1 Å². The van der Waals surface area contributed by atoms with Gasteiger partial charge in [0, 0.05) is 10.6 Å². The summed E-state index contributed by atoms with van der Waals surface area (Å²) in [5.41, 5.74) is 0.804. The number of halogens is 2. The summed E-state index contributed by atoms with van der Waals surface area (Å²) in [6.45, 7) is 0.0234. The highest BCUT2D eigenvalue weighted by Crippen LogP contribution is 2.23. The number of hydrogen-bond acceptors (Lipinski definition) is 3. The van der Waals surface area contributed by atoms with Crippen molar-refractivity contribution in [2.75, 3.05) is 0 Å². The van der Waals surface area contributed by atoms with Gasteiger partial charge >= 0.3 is 12.1 Å². The normalized spacial score (nSPS) is 11.6. The maximum Gasteiger partial charge on any atom is 0.407 e. The average Bonchev–Trinajstić information content (AvgIpc) is 2.53. The van der Waals surface area contributed by atoms with Crippen molar-refractivity contribution in [1.29, 1.82) is 0 Å². The zero-order valence-electron chi connectivity index (χ0n) is 12.5. The predicted octanol–water partition coefficient (Wildman–Crippen LogP) is 3.92. The Morgan fingerprint density at radius 1 is 1.21 bits per heavy atom. The maximum atomic E-state index is 14.0. The van der Waals surface area contributed by atoms with E-state index in [0.29, 0.717) is 0 Å². The number of alkyl carbamates (subject to hydrolysis) is 1. The summed E-state index contributed by atoms with van der Waals surface area (Å²) in [6, 6.07) is 11.7. The molecule has 0 saturated carbocycles. The van der Waals surface area contributed by atoms with Gasteiger partial charge in [-0.15, -0.1) is 0 Å². The van der Waals surface area contributed by atoms with Crippen molar-refractivity contribution in [3.63, 3.8) is 0 Å². The van der Waals surface area contributed by atoms with Crippen LogP contribution in [0, 0.1) is 5.82 Å². The Hall–Kier alpha value is -2.60. The van der Waals surface area contributed by atoms with Crippen molar-refractivity contribution < 1.29 is 23.8 Å². The molecule has 2 N–H and O–H groups in total. The van der Waals surface area contributed by atoms with Gasteiger partial charge in [0.15, 0.2) is 0 Å². The molecule has 0 fully saturated rings. The molecular weight excluding hydrogens is 337 g/mol. The molecular formula is C17H15ClFNO4. The first-order valence-electron chi connectivity index (χ1n) is 7.09. The van der Waals surface area contributed by atoms with Crippen molar-refractivity contribution >= 4 is 23.7 Å². The summed E-state index contributed by atoms with van der Waals surface area (Å²) < 4.78 is 19.0. The minimum atomic E-state index is -1.18. The third-order valence-electron chi connectivity index (χ3n) is 3.22. The smallest absolute Gasteiger partial charge is 0.407 e. The number of rotatable bonds is 6. The number of amides is 1. The van der Waals surface area contributed by atoms with Gasteiger partial charge in [-0.2, -0.15) is 0 Å². The Morgan fingerprint density at radius 3 is 2.54 bits per heavy atom. The fourth-order valence-electron chi connectivity index (χ4n) is 2.10. The summed E-state index contributed by atoms with van der Waals surface area (Å²) in [5, 5.41) is 11.5. The Morgan fingerprint density at radius 2 is 1.92 bits per heavy atom. The molecule has 1 amide bonds. The average molecular weight is 352 g/mol. The van der Waals surface area contributed by atoms with Crippen LogP contribution in [0.4, 0.5) is 9.18 Å². The summed E-state index contributed by atoms with van der Waals surface area (Å²) in [4.78, 5) is 22.9. The number of hydrogen-bond donors (Lipinski definition) is 2. The van der Waals surface area contributed by atoms with Crippen molar-refractivity contribution in [3.8, 4) is 0 Å². The summed E-state index contributed by atoms with van der Waals surface area (Å²) in [6.07, 6.45) is -1.32. The molecule has 7 heteroatoms. The van der Waals surface area contributed by atoms with E-state index in [0.717, 1.165) is 11.6 Å². The van der Waals surface area contributed by atoms with Gasteiger partial charge in [0.2, 0.25) is 0 Å². The van der Waals surface area contributed by atoms with Crippen LogP contribution in [0.2, 0.25) is 5.02 Å². The van der Waals surface area contributed by atoms with Crippen molar-refractivity contribution in [2.24, 2.45) is 0 Å². The van der Waals surface area contributed by atoms with Gasteiger partial charge in [-0.05, 0) is 17.7 Å². The van der Waals surface area contributed by atoms with Crippen molar-refractivity contribution in [1.82, 2.24) is 5.32 Å². The second kappa shape index (κ2) is 8.31. The minimum Gasteiger partial charge on any atom is -0.481 e. The van der Waals surface area contributed by atoms with E-state index in [1.54, 1.807) is 24.3 Å². The number of aliphatic carboxylic acids is 1. The molecule has 0 bridgehead atoms. The molecule has 2 aromatic carbocycles. The molecule has 0 aromatic heterocycles. The highest BCUT2D eigenvalue weighted by molar-refractivity contribution is 6.30. The number of carboxylic acids is 1. The second-order valence-electron chi connectivity index (χ2n) is 5.02. The monoisotopic (exact) mass is 351 g/mol. The minimum absolute atomic E-state index is 0.0234. The first kappa shape index (κ1) is 17.7. The van der Waals surface area contributed by atoms with Gasteiger partial charge in [-0.3, -0.25) is 4.79 Å². The molecule has 0 heterocycles. The first-order chi connectivity index (χ1) is 11.5. The lowest BCUT2D eigenvalue weighted by atomic mass is 10.0. The third-order valence-corrected chi connectivity index (χ3v) is 3.46. The highest BCUT2D eigenvalue weighted by atomic mass is 35.5. The Labute approximate surface area is 143 Å². The van der Waals surface area contributed by atoms with E-state index in [2.05, 4.69) is 5.32 Å². The third kappa shape index (κ3) is 5.24. The fraction of sp³-hybridized carbons (Fsp3) is 0.176. The molecule has 0 saturated heterocycles. The lowest BCUT2D eigenvalue weighted by Crippen LogP contribution is -2.31. The molecule has 2 aromatic rings. The van der Waals surface area contributed by atoms with E-state index in [-0.39, 0.29) is 17.2 Å². The van der Waals surface area contributed by atoms with Crippen LogP contribution in [0.5, 0.6) is 0 Å². The molecule has 126 valence electrons. The van der Waals surface area contributed by atoms with Gasteiger partial charge < -0.3 is 15.2 Å². The number of carboxylic acid groups (broad SMARTS) is 1. The quantitative estimate of drug-likeness (QED) is 0.827. The van der Waals surface area contributed by atoms with Crippen LogP contribution in [0.25, 0.3) is 0 Å². The largest absolute Gasteiger partial charge is 0.481 e. The van der Waals surface area contributed by atoms with Crippen LogP contribution in [-0.4, -0.2) is 17.2 Å². The van der Waals surface area contributed by atoms with Crippen LogP contribution < -0.4 is 5.32 Å². The highest BCUT2D eigenvalue weighted by Gasteiger charge is 2.22. The molecule has 1 atom stereocenters. The predicted molar refractivity (Wildman–Crippen MR) is 86.2 cm³/mol. The molecule has 0 unspecified atom stereocenters. The first-order valence-corrected chi connectivity index (χ1v) is 7.47. The SMILES string of the molecule is O=C(O)C[C@@H](NC(=O)OCc1ccccc1)c1ccc(Cl)cc1F. The van der Waals surface area contributed by atoms with Crippen LogP contribution in [0.1, 0.15) is 23.6 Å². The van der Waals surface area contributed by atoms with Gasteiger partial charge in [-0.1, -0.05) is 48.0 Å². The Balaban J connectivity index is 2.05. The standard InChI is InChI=1S/C17H15ClFNO4/c18-12-6-7-13(14(19)8-12)15(9-16(21)22)20-17(23)24-10-11-4-2-1-3-5-11/h1-8,15H,9-10H2,(H,20,23)(H,21,22)/t15-/m1/s1. The molecule has 0 aliphatic rings. The second-order valence-corrected chi connectivity index (χ2v) is 5.46. The Kier molecular flexibility index (Phi) is 6.14. The molecule has 24 heavy (non-hydrogen) atoms. The number of carbonyl (C=O) groups excluding carboxylic acids is 1. The molecule has 0 radical (unpaired) electrons. The van der Waals surface area contributed by atoms with E-state index in [9.17, 15) is 14.0 Å². The van der Waals surface area contributed by atoms with Gasteiger partial charge in [0.25, 0.3) is 0 Å². The van der Waals surface area contributed by atoms with Crippen LogP contribution in [0.15, 0.2) is 48.5 Å². The topological polar surface area (TPSA) is 75.6 Å². The lowest BCUT2D eigenvalue weighted by Gasteiger charge is -2.18. The van der Waals surface area contributed by atoms with Gasteiger partial charge in [0.1, 0.15) is 12.4 Å². The fourth-order valence-corrected chi connectivity index (χ4v) is 2.26. The molecule has 2 rings (SSSR count). The molecule has 0 spiro atoms. The van der Waals surface area contributed by atoms with Crippen LogP contribution in [0.3, 0.4) is 0 Å². The maximum absolute atomic E-state index is 14.0. The lowest BCUT2D eigenvalue weighted by molar-refractivity contribution is -0.137. The van der Waals surface area contributed by atoms with Crippen molar-refractivity contribution in [2.45, 2.75) is 19.1 Å². The Bertz CT molecular complexity index is 724. The number of ether oxygens (including phenoxy) is 1. The van der Waals surface area contributed by atoms with E-state index in [1.807, 2.05) is 6.07 Å². The summed E-state index contributed by atoms with van der Waals surface area (Å²) >= 11 is 5.68. The van der Waals surface area contributed by atoms with E-state index in [4.69, 9.17) is 21.4 Å². The molecule has 5 nitrogen and oxygen atoms in total. The zero-order valence-corrected chi connectivity index (χ0v) is 13.3. The van der Waals surface area contributed by atoms with E-state index in [1.165, 1.54) is 12.1 Å². The van der Waals surface area contributed by atoms with E-state index >= 15 is 0 Å². The number of benzene rings is 2. The zero-order chi connectivity index (χ0) is 17.5. The molecule has 0 aliphatic heterocycles. The van der Waals surface area contributed by atoms with E-state index < -0.39 is 30.3 Å². The van der Waals surface area contributed by atoms with Crippen molar-refractivity contribution in [3.05, 3.63) is 70.5 Å². The number of carbonyl (C=O) groups is 2.